The zero-order valence-electron chi connectivity index (χ0n) is 16.3. The number of aromatic nitrogens is 2. The van der Waals surface area contributed by atoms with Crippen molar-refractivity contribution in [1.29, 1.82) is 0 Å². The minimum atomic E-state index is -0.628. The van der Waals surface area contributed by atoms with Crippen LogP contribution in [0.1, 0.15) is 33.6 Å². The van der Waals surface area contributed by atoms with E-state index in [0.717, 1.165) is 12.8 Å². The van der Waals surface area contributed by atoms with Gasteiger partial charge < -0.3 is 16.0 Å². The fourth-order valence-electron chi connectivity index (χ4n) is 2.76. The third kappa shape index (κ3) is 4.98. The number of benzene rings is 1. The molecule has 1 aromatic heterocycles. The average molecular weight is 408 g/mol. The van der Waals surface area contributed by atoms with E-state index >= 15 is 0 Å². The Balaban J connectivity index is 2.50. The molecule has 1 aromatic carbocycles. The highest BCUT2D eigenvalue weighted by atomic mass is 32.1. The monoisotopic (exact) mass is 407 g/mol. The van der Waals surface area contributed by atoms with E-state index in [2.05, 4.69) is 10.3 Å². The maximum absolute atomic E-state index is 14.0. The number of hydrogen-bond acceptors (Lipinski definition) is 4. The van der Waals surface area contributed by atoms with Crippen LogP contribution >= 0.6 is 12.2 Å². The molecule has 0 radical (unpaired) electrons. The first-order chi connectivity index (χ1) is 13.3. The van der Waals surface area contributed by atoms with Gasteiger partial charge >= 0.3 is 5.69 Å². The molecular weight excluding hydrogens is 381 g/mol. The van der Waals surface area contributed by atoms with Crippen molar-refractivity contribution in [3.8, 4) is 0 Å². The Kier molecular flexibility index (Phi) is 7.33. The molecule has 28 heavy (non-hydrogen) atoms. The van der Waals surface area contributed by atoms with Crippen LogP contribution in [-0.4, -0.2) is 21.2 Å². The largest absolute Gasteiger partial charge is 0.383 e. The van der Waals surface area contributed by atoms with E-state index in [1.807, 2.05) is 20.8 Å². The SMILES string of the molecule is CCCCN(C(=S)Nc1ccccc1F)c1c(N)n(CC(C)C)c(=O)[nH]c1=O. The number of para-hydroxylation sites is 1. The molecule has 7 nitrogen and oxygen atoms in total. The summed E-state index contributed by atoms with van der Waals surface area (Å²) in [4.78, 5) is 28.6. The standard InChI is InChI=1S/C19H26FN5O2S/c1-4-5-10-24(19(28)22-14-9-7-6-8-13(14)20)15-16(21)25(11-12(2)3)18(27)23-17(15)26/h6-9,12H,4-5,10-11,21H2,1-3H3,(H,22,28)(H,23,26,27). The number of rotatable bonds is 7. The number of nitrogen functional groups attached to an aromatic ring is 1. The Morgan fingerprint density at radius 3 is 2.64 bits per heavy atom. The molecule has 0 bridgehead atoms. The Hall–Kier alpha value is -2.68. The van der Waals surface area contributed by atoms with Crippen molar-refractivity contribution in [2.75, 3.05) is 22.5 Å². The summed E-state index contributed by atoms with van der Waals surface area (Å²) in [6, 6.07) is 6.11. The number of thiocarbonyl (C=S) groups is 1. The Labute approximate surface area is 168 Å². The number of hydrogen-bond donors (Lipinski definition) is 3. The molecule has 9 heteroatoms. The number of anilines is 3. The van der Waals surface area contributed by atoms with Gasteiger partial charge in [0.2, 0.25) is 0 Å². The number of nitrogens with one attached hydrogen (secondary N) is 2. The average Bonchev–Trinajstić information content (AvgIpc) is 2.63. The molecule has 0 atom stereocenters. The lowest BCUT2D eigenvalue weighted by Gasteiger charge is -2.27. The van der Waals surface area contributed by atoms with Gasteiger partial charge in [0.1, 0.15) is 11.6 Å². The molecule has 1 heterocycles. The first-order valence-electron chi connectivity index (χ1n) is 9.21. The maximum Gasteiger partial charge on any atom is 0.330 e. The number of nitrogens with two attached hydrogens (primary N) is 1. The zero-order chi connectivity index (χ0) is 20.8. The van der Waals surface area contributed by atoms with Gasteiger partial charge in [-0.05, 0) is 36.7 Å². The van der Waals surface area contributed by atoms with Crippen LogP contribution in [0.5, 0.6) is 0 Å². The van der Waals surface area contributed by atoms with Gasteiger partial charge in [0.15, 0.2) is 10.8 Å². The lowest BCUT2D eigenvalue weighted by molar-refractivity contribution is 0.507. The van der Waals surface area contributed by atoms with E-state index in [4.69, 9.17) is 18.0 Å². The molecular formula is C19H26FN5O2S. The molecule has 0 aliphatic carbocycles. The lowest BCUT2D eigenvalue weighted by atomic mass is 10.2. The van der Waals surface area contributed by atoms with Gasteiger partial charge in [-0.3, -0.25) is 14.3 Å². The van der Waals surface area contributed by atoms with Crippen molar-refractivity contribution in [3.05, 3.63) is 50.9 Å². The molecule has 0 aliphatic rings. The zero-order valence-corrected chi connectivity index (χ0v) is 17.1. The maximum atomic E-state index is 14.0. The molecule has 0 saturated heterocycles. The number of unbranched alkanes of at least 4 members (excludes halogenated alkanes) is 1. The van der Waals surface area contributed by atoms with Crippen molar-refractivity contribution in [1.82, 2.24) is 9.55 Å². The van der Waals surface area contributed by atoms with Gasteiger partial charge in [-0.2, -0.15) is 0 Å². The molecule has 0 saturated carbocycles. The van der Waals surface area contributed by atoms with Gasteiger partial charge in [0.05, 0.1) is 5.69 Å². The second-order valence-corrected chi connectivity index (χ2v) is 7.30. The third-order valence-corrected chi connectivity index (χ3v) is 4.45. The van der Waals surface area contributed by atoms with E-state index in [-0.39, 0.29) is 28.2 Å². The second kappa shape index (κ2) is 9.50. The van der Waals surface area contributed by atoms with Crippen LogP contribution in [0.4, 0.5) is 21.6 Å². The summed E-state index contributed by atoms with van der Waals surface area (Å²) < 4.78 is 15.3. The van der Waals surface area contributed by atoms with Gasteiger partial charge in [0, 0.05) is 13.1 Å². The second-order valence-electron chi connectivity index (χ2n) is 6.91. The van der Waals surface area contributed by atoms with Gasteiger partial charge in [0.25, 0.3) is 5.56 Å². The van der Waals surface area contributed by atoms with Crippen LogP contribution in [0, 0.1) is 11.7 Å². The summed E-state index contributed by atoms with van der Waals surface area (Å²) in [7, 11) is 0. The van der Waals surface area contributed by atoms with Gasteiger partial charge in [-0.25, -0.2) is 9.18 Å². The van der Waals surface area contributed by atoms with Crippen LogP contribution in [-0.2, 0) is 6.54 Å². The smallest absolute Gasteiger partial charge is 0.330 e. The van der Waals surface area contributed by atoms with Crippen molar-refractivity contribution in [2.45, 2.75) is 40.2 Å². The van der Waals surface area contributed by atoms with E-state index in [1.54, 1.807) is 18.2 Å². The van der Waals surface area contributed by atoms with Crippen molar-refractivity contribution < 1.29 is 4.39 Å². The van der Waals surface area contributed by atoms with Crippen molar-refractivity contribution in [2.24, 2.45) is 5.92 Å². The van der Waals surface area contributed by atoms with E-state index in [1.165, 1.54) is 15.5 Å². The van der Waals surface area contributed by atoms with Crippen molar-refractivity contribution in [3.63, 3.8) is 0 Å². The highest BCUT2D eigenvalue weighted by Crippen LogP contribution is 2.21. The van der Waals surface area contributed by atoms with Crippen LogP contribution in [0.25, 0.3) is 0 Å². The third-order valence-electron chi connectivity index (χ3n) is 4.13. The number of H-pyrrole nitrogens is 1. The first-order valence-corrected chi connectivity index (χ1v) is 9.62. The highest BCUT2D eigenvalue weighted by molar-refractivity contribution is 7.80. The Morgan fingerprint density at radius 2 is 2.04 bits per heavy atom. The number of nitrogens with zero attached hydrogens (tertiary/aromatic N) is 2. The number of aromatic amines is 1. The molecule has 0 fully saturated rings. The molecule has 0 unspecified atom stereocenters. The highest BCUT2D eigenvalue weighted by Gasteiger charge is 2.22. The molecule has 4 N–H and O–H groups in total. The minimum Gasteiger partial charge on any atom is -0.383 e. The molecule has 2 rings (SSSR count). The summed E-state index contributed by atoms with van der Waals surface area (Å²) in [5, 5.41) is 2.96. The fraction of sp³-hybridized carbons (Fsp3) is 0.421. The normalized spacial score (nSPS) is 10.9. The van der Waals surface area contributed by atoms with Crippen LogP contribution < -0.4 is 27.2 Å². The quantitative estimate of drug-likeness (QED) is 0.611. The lowest BCUT2D eigenvalue weighted by Crippen LogP contribution is -2.43. The van der Waals surface area contributed by atoms with Crippen LogP contribution in [0.15, 0.2) is 33.9 Å². The minimum absolute atomic E-state index is 0.0382. The summed E-state index contributed by atoms with van der Waals surface area (Å²) in [6.45, 7) is 6.62. The number of halogens is 1. The summed E-state index contributed by atoms with van der Waals surface area (Å²) >= 11 is 5.45. The van der Waals surface area contributed by atoms with Gasteiger partial charge in [-0.1, -0.05) is 39.3 Å². The van der Waals surface area contributed by atoms with Crippen LogP contribution in [0.3, 0.4) is 0 Å². The summed E-state index contributed by atoms with van der Waals surface area (Å²) in [5.74, 6) is -0.283. The molecule has 0 aliphatic heterocycles. The van der Waals surface area contributed by atoms with E-state index < -0.39 is 17.1 Å². The molecule has 2 aromatic rings. The van der Waals surface area contributed by atoms with E-state index in [0.29, 0.717) is 13.1 Å². The molecule has 0 amide bonds. The summed E-state index contributed by atoms with van der Waals surface area (Å²) in [6.07, 6.45) is 1.57. The topological polar surface area (TPSA) is 96.2 Å². The van der Waals surface area contributed by atoms with Gasteiger partial charge in [-0.15, -0.1) is 0 Å². The Bertz CT molecular complexity index is 954. The summed E-state index contributed by atoms with van der Waals surface area (Å²) in [5.41, 5.74) is 5.29. The van der Waals surface area contributed by atoms with Crippen molar-refractivity contribution >= 4 is 34.5 Å². The van der Waals surface area contributed by atoms with E-state index in [9.17, 15) is 14.0 Å². The first kappa shape index (κ1) is 21.6. The van der Waals surface area contributed by atoms with Crippen LogP contribution in [0.2, 0.25) is 0 Å². The predicted octanol–water partition coefficient (Wildman–Crippen LogP) is 2.92. The molecule has 0 spiro atoms. The molecule has 152 valence electrons. The predicted molar refractivity (Wildman–Crippen MR) is 115 cm³/mol. The fourth-order valence-corrected chi connectivity index (χ4v) is 3.05. The Morgan fingerprint density at radius 1 is 1.36 bits per heavy atom.